The fraction of sp³-hybridized carbons (Fsp3) is 1.00. The molecule has 1 unspecified atom stereocenters. The average molecular weight is 257 g/mol. The van der Waals surface area contributed by atoms with Gasteiger partial charge in [-0.1, -0.05) is 19.8 Å². The van der Waals surface area contributed by atoms with E-state index in [2.05, 4.69) is 11.8 Å². The van der Waals surface area contributed by atoms with Gasteiger partial charge in [-0.2, -0.15) is 0 Å². The third kappa shape index (κ3) is 5.68. The zero-order valence-corrected chi connectivity index (χ0v) is 12.5. The molecule has 0 aromatic heterocycles. The van der Waals surface area contributed by atoms with Crippen molar-refractivity contribution in [3.05, 3.63) is 0 Å². The topological polar surface area (TPSA) is 21.7 Å². The molecule has 0 aromatic rings. The lowest BCUT2D eigenvalue weighted by atomic mass is 10.1. The molecule has 108 valence electrons. The molecule has 0 amide bonds. The monoisotopic (exact) mass is 257 g/mol. The summed E-state index contributed by atoms with van der Waals surface area (Å²) in [7, 11) is 0. The normalized spacial score (nSPS) is 22.3. The standard InChI is InChI=1S/C15H31NO2/c1-4-14-10-8-7-9-12-16(14)13-11-15(17-5-2)18-6-3/h14-15H,4-13H2,1-3H3. The predicted octanol–water partition coefficient (Wildman–Crippen LogP) is 3.43. The summed E-state index contributed by atoms with van der Waals surface area (Å²) in [5.74, 6) is 0. The molecule has 1 heterocycles. The van der Waals surface area contributed by atoms with E-state index < -0.39 is 0 Å². The van der Waals surface area contributed by atoms with Crippen molar-refractivity contribution in [2.24, 2.45) is 0 Å². The molecular formula is C15H31NO2. The van der Waals surface area contributed by atoms with Crippen LogP contribution in [0.3, 0.4) is 0 Å². The van der Waals surface area contributed by atoms with Gasteiger partial charge in [-0.15, -0.1) is 0 Å². The molecule has 1 saturated heterocycles. The molecular weight excluding hydrogens is 226 g/mol. The van der Waals surface area contributed by atoms with Crippen molar-refractivity contribution in [1.82, 2.24) is 4.90 Å². The first-order chi connectivity index (χ1) is 8.81. The Morgan fingerprint density at radius 3 is 2.39 bits per heavy atom. The predicted molar refractivity (Wildman–Crippen MR) is 75.8 cm³/mol. The molecule has 0 aromatic carbocycles. The number of hydrogen-bond donors (Lipinski definition) is 0. The molecule has 1 aliphatic rings. The van der Waals surface area contributed by atoms with Crippen molar-refractivity contribution < 1.29 is 9.47 Å². The van der Waals surface area contributed by atoms with Crippen LogP contribution in [0.25, 0.3) is 0 Å². The van der Waals surface area contributed by atoms with E-state index in [9.17, 15) is 0 Å². The van der Waals surface area contributed by atoms with Gasteiger partial charge in [-0.05, 0) is 39.7 Å². The van der Waals surface area contributed by atoms with Crippen LogP contribution in [-0.2, 0) is 9.47 Å². The number of ether oxygens (including phenoxy) is 2. The zero-order valence-electron chi connectivity index (χ0n) is 12.5. The quantitative estimate of drug-likeness (QED) is 0.622. The molecule has 0 aliphatic carbocycles. The molecule has 18 heavy (non-hydrogen) atoms. The summed E-state index contributed by atoms with van der Waals surface area (Å²) in [5.41, 5.74) is 0. The van der Waals surface area contributed by atoms with Crippen LogP contribution in [0.5, 0.6) is 0 Å². The fourth-order valence-corrected chi connectivity index (χ4v) is 2.85. The van der Waals surface area contributed by atoms with Crippen LogP contribution in [0, 0.1) is 0 Å². The van der Waals surface area contributed by atoms with E-state index in [0.717, 1.165) is 32.2 Å². The van der Waals surface area contributed by atoms with E-state index in [-0.39, 0.29) is 6.29 Å². The van der Waals surface area contributed by atoms with Crippen LogP contribution in [0.2, 0.25) is 0 Å². The molecule has 0 N–H and O–H groups in total. The van der Waals surface area contributed by atoms with Crippen molar-refractivity contribution in [3.63, 3.8) is 0 Å². The molecule has 0 saturated carbocycles. The molecule has 1 rings (SSSR count). The molecule has 0 spiro atoms. The van der Waals surface area contributed by atoms with E-state index in [0.29, 0.717) is 0 Å². The second kappa shape index (κ2) is 9.76. The van der Waals surface area contributed by atoms with Gasteiger partial charge in [0, 0.05) is 32.2 Å². The first-order valence-corrected chi connectivity index (χ1v) is 7.79. The van der Waals surface area contributed by atoms with E-state index in [1.807, 2.05) is 13.8 Å². The van der Waals surface area contributed by atoms with Crippen molar-refractivity contribution >= 4 is 0 Å². The Bertz CT molecular complexity index is 193. The first kappa shape index (κ1) is 15.9. The largest absolute Gasteiger partial charge is 0.353 e. The minimum Gasteiger partial charge on any atom is -0.353 e. The number of nitrogens with zero attached hydrogens (tertiary/aromatic N) is 1. The molecule has 1 fully saturated rings. The lowest BCUT2D eigenvalue weighted by Gasteiger charge is -2.30. The van der Waals surface area contributed by atoms with Gasteiger partial charge in [0.2, 0.25) is 0 Å². The van der Waals surface area contributed by atoms with Gasteiger partial charge in [-0.3, -0.25) is 0 Å². The van der Waals surface area contributed by atoms with Crippen molar-refractivity contribution in [3.8, 4) is 0 Å². The highest BCUT2D eigenvalue weighted by Crippen LogP contribution is 2.19. The number of rotatable bonds is 8. The maximum Gasteiger partial charge on any atom is 0.158 e. The van der Waals surface area contributed by atoms with Gasteiger partial charge in [0.15, 0.2) is 6.29 Å². The highest BCUT2D eigenvalue weighted by molar-refractivity contribution is 4.74. The second-order valence-electron chi connectivity index (χ2n) is 5.08. The van der Waals surface area contributed by atoms with Crippen LogP contribution >= 0.6 is 0 Å². The summed E-state index contributed by atoms with van der Waals surface area (Å²) in [5, 5.41) is 0. The summed E-state index contributed by atoms with van der Waals surface area (Å²) in [4.78, 5) is 2.65. The maximum absolute atomic E-state index is 5.62. The Labute approximate surface area is 113 Å². The van der Waals surface area contributed by atoms with Gasteiger partial charge in [-0.25, -0.2) is 0 Å². The molecule has 1 aliphatic heterocycles. The van der Waals surface area contributed by atoms with Gasteiger partial charge in [0.25, 0.3) is 0 Å². The van der Waals surface area contributed by atoms with Crippen LogP contribution in [0.1, 0.15) is 59.3 Å². The van der Waals surface area contributed by atoms with Crippen molar-refractivity contribution in [1.29, 1.82) is 0 Å². The van der Waals surface area contributed by atoms with Crippen molar-refractivity contribution in [2.75, 3.05) is 26.3 Å². The Morgan fingerprint density at radius 1 is 1.06 bits per heavy atom. The smallest absolute Gasteiger partial charge is 0.158 e. The van der Waals surface area contributed by atoms with E-state index in [1.54, 1.807) is 0 Å². The van der Waals surface area contributed by atoms with Crippen LogP contribution in [-0.4, -0.2) is 43.5 Å². The van der Waals surface area contributed by atoms with E-state index in [1.165, 1.54) is 38.6 Å². The van der Waals surface area contributed by atoms with Gasteiger partial charge in [0.05, 0.1) is 0 Å². The Hall–Kier alpha value is -0.120. The van der Waals surface area contributed by atoms with Gasteiger partial charge >= 0.3 is 0 Å². The molecule has 3 heteroatoms. The Morgan fingerprint density at radius 2 is 1.78 bits per heavy atom. The van der Waals surface area contributed by atoms with Crippen LogP contribution < -0.4 is 0 Å². The summed E-state index contributed by atoms with van der Waals surface area (Å²) in [6, 6.07) is 0.774. The Kier molecular flexibility index (Phi) is 8.64. The third-order valence-corrected chi connectivity index (χ3v) is 3.83. The lowest BCUT2D eigenvalue weighted by Crippen LogP contribution is -2.37. The summed E-state index contributed by atoms with van der Waals surface area (Å²) < 4.78 is 11.2. The first-order valence-electron chi connectivity index (χ1n) is 7.79. The highest BCUT2D eigenvalue weighted by Gasteiger charge is 2.20. The van der Waals surface area contributed by atoms with Gasteiger partial charge in [0.1, 0.15) is 0 Å². The molecule has 1 atom stereocenters. The molecule has 0 bridgehead atoms. The fourth-order valence-electron chi connectivity index (χ4n) is 2.85. The third-order valence-electron chi connectivity index (χ3n) is 3.83. The molecule has 0 radical (unpaired) electrons. The van der Waals surface area contributed by atoms with E-state index >= 15 is 0 Å². The maximum atomic E-state index is 5.62. The zero-order chi connectivity index (χ0) is 13.2. The lowest BCUT2D eigenvalue weighted by molar-refractivity contribution is -0.142. The SMILES string of the molecule is CCOC(CCN1CCCCCC1CC)OCC. The average Bonchev–Trinajstić information content (AvgIpc) is 2.61. The summed E-state index contributed by atoms with van der Waals surface area (Å²) in [6.45, 7) is 10.2. The number of likely N-dealkylation sites (tertiary alicyclic amines) is 1. The van der Waals surface area contributed by atoms with Crippen LogP contribution in [0.15, 0.2) is 0 Å². The highest BCUT2D eigenvalue weighted by atomic mass is 16.7. The van der Waals surface area contributed by atoms with Gasteiger partial charge < -0.3 is 14.4 Å². The van der Waals surface area contributed by atoms with Crippen LogP contribution in [0.4, 0.5) is 0 Å². The Balaban J connectivity index is 2.37. The summed E-state index contributed by atoms with van der Waals surface area (Å²) in [6.07, 6.45) is 7.77. The second-order valence-corrected chi connectivity index (χ2v) is 5.08. The van der Waals surface area contributed by atoms with E-state index in [4.69, 9.17) is 9.47 Å². The minimum absolute atomic E-state index is 0.0132. The summed E-state index contributed by atoms with van der Waals surface area (Å²) >= 11 is 0. The van der Waals surface area contributed by atoms with Crippen molar-refractivity contribution in [2.45, 2.75) is 71.6 Å². The minimum atomic E-state index is -0.0132. The number of hydrogen-bond acceptors (Lipinski definition) is 3. The molecule has 3 nitrogen and oxygen atoms in total.